The highest BCUT2D eigenvalue weighted by atomic mass is 16.2. The average Bonchev–Trinajstić information content (AvgIpc) is 2.98. The van der Waals surface area contributed by atoms with Gasteiger partial charge in [0.25, 0.3) is 11.7 Å². The van der Waals surface area contributed by atoms with Crippen LogP contribution in [0, 0.1) is 6.92 Å². The van der Waals surface area contributed by atoms with E-state index in [0.29, 0.717) is 24.3 Å². The molecule has 2 heterocycles. The predicted octanol–water partition coefficient (Wildman–Crippen LogP) is 1.42. The molecule has 1 aromatic carbocycles. The number of hydrogen-bond donors (Lipinski definition) is 0. The molecule has 5 nitrogen and oxygen atoms in total. The Balaban J connectivity index is 1.87. The summed E-state index contributed by atoms with van der Waals surface area (Å²) in [6.07, 6.45) is 3.52. The molecule has 1 aromatic heterocycles. The molecule has 0 atom stereocenters. The van der Waals surface area contributed by atoms with Crippen molar-refractivity contribution >= 4 is 17.4 Å². The van der Waals surface area contributed by atoms with Crippen LogP contribution < -0.4 is 4.90 Å². The van der Waals surface area contributed by atoms with Gasteiger partial charge in [0.2, 0.25) is 0 Å². The quantitative estimate of drug-likeness (QED) is 0.779. The Morgan fingerprint density at radius 3 is 2.79 bits per heavy atom. The first-order valence-electron chi connectivity index (χ1n) is 6.11. The number of fused-ring (bicyclic) bond motifs is 1. The van der Waals surface area contributed by atoms with Gasteiger partial charge in [0.15, 0.2) is 0 Å². The van der Waals surface area contributed by atoms with Crippen LogP contribution in [-0.2, 0) is 11.3 Å². The molecular weight excluding hydrogens is 242 g/mol. The van der Waals surface area contributed by atoms with E-state index >= 15 is 0 Å². The summed E-state index contributed by atoms with van der Waals surface area (Å²) in [5.41, 5.74) is 2.19. The highest BCUT2D eigenvalue weighted by molar-refractivity contribution is 6.52. The zero-order valence-electron chi connectivity index (χ0n) is 10.5. The van der Waals surface area contributed by atoms with Crippen molar-refractivity contribution in [3.8, 4) is 0 Å². The lowest BCUT2D eigenvalue weighted by molar-refractivity contribution is -0.114. The third-order valence-electron chi connectivity index (χ3n) is 3.24. The van der Waals surface area contributed by atoms with Crippen molar-refractivity contribution in [3.63, 3.8) is 0 Å². The molecule has 0 unspecified atom stereocenters. The number of aryl methyl sites for hydroxylation is 1. The molecule has 19 heavy (non-hydrogen) atoms. The summed E-state index contributed by atoms with van der Waals surface area (Å²) in [5.74, 6) is -0.869. The van der Waals surface area contributed by atoms with Gasteiger partial charge in [-0.25, -0.2) is 0 Å². The molecule has 0 spiro atoms. The first-order valence-corrected chi connectivity index (χ1v) is 6.11. The molecule has 1 aliphatic rings. The summed E-state index contributed by atoms with van der Waals surface area (Å²) in [7, 11) is 0. The minimum atomic E-state index is -0.451. The monoisotopic (exact) mass is 255 g/mol. The van der Waals surface area contributed by atoms with Crippen LogP contribution in [0.3, 0.4) is 0 Å². The number of amides is 1. The van der Waals surface area contributed by atoms with E-state index in [1.54, 1.807) is 16.9 Å². The fourth-order valence-electron chi connectivity index (χ4n) is 2.27. The summed E-state index contributed by atoms with van der Waals surface area (Å²) in [6.45, 7) is 2.92. The van der Waals surface area contributed by atoms with E-state index in [0.717, 1.165) is 5.56 Å². The molecule has 5 heteroatoms. The third-order valence-corrected chi connectivity index (χ3v) is 3.24. The van der Waals surface area contributed by atoms with Crippen molar-refractivity contribution < 1.29 is 9.59 Å². The highest BCUT2D eigenvalue weighted by Crippen LogP contribution is 2.29. The number of Topliss-reactive ketones (excluding diaryl/α,β-unsaturated/α-hetero) is 1. The minimum absolute atomic E-state index is 0.417. The molecule has 0 N–H and O–H groups in total. The smallest absolute Gasteiger partial charge is 0.299 e. The standard InChI is InChI=1S/C14H13N3O2/c1-10-3-4-12-11(9-10)13(18)14(19)17(12)8-7-16-6-2-5-15-16/h2-6,9H,7-8H2,1H3. The minimum Gasteiger partial charge on any atom is -0.303 e. The van der Waals surface area contributed by atoms with E-state index in [4.69, 9.17) is 0 Å². The Hall–Kier alpha value is -2.43. The molecule has 2 aromatic rings. The van der Waals surface area contributed by atoms with Crippen LogP contribution >= 0.6 is 0 Å². The molecular formula is C14H13N3O2. The number of hydrogen-bond acceptors (Lipinski definition) is 3. The van der Waals surface area contributed by atoms with Crippen LogP contribution in [0.5, 0.6) is 0 Å². The lowest BCUT2D eigenvalue weighted by Crippen LogP contribution is -2.32. The van der Waals surface area contributed by atoms with Gasteiger partial charge < -0.3 is 4.90 Å². The van der Waals surface area contributed by atoms with Gasteiger partial charge in [0, 0.05) is 18.9 Å². The zero-order valence-corrected chi connectivity index (χ0v) is 10.5. The van der Waals surface area contributed by atoms with Crippen molar-refractivity contribution in [2.24, 2.45) is 0 Å². The van der Waals surface area contributed by atoms with E-state index in [1.807, 2.05) is 31.3 Å². The highest BCUT2D eigenvalue weighted by Gasteiger charge is 2.35. The first-order chi connectivity index (χ1) is 9.16. The summed E-state index contributed by atoms with van der Waals surface area (Å²) >= 11 is 0. The average molecular weight is 255 g/mol. The SMILES string of the molecule is Cc1ccc2c(c1)C(=O)C(=O)N2CCn1cccn1. The van der Waals surface area contributed by atoms with Crippen LogP contribution in [0.25, 0.3) is 0 Å². The number of anilines is 1. The second kappa shape index (κ2) is 4.35. The number of rotatable bonds is 3. The summed E-state index contributed by atoms with van der Waals surface area (Å²) in [4.78, 5) is 25.4. The Labute approximate surface area is 110 Å². The van der Waals surface area contributed by atoms with E-state index in [2.05, 4.69) is 5.10 Å². The molecule has 0 radical (unpaired) electrons. The Morgan fingerprint density at radius 1 is 1.21 bits per heavy atom. The van der Waals surface area contributed by atoms with E-state index in [1.165, 1.54) is 4.90 Å². The van der Waals surface area contributed by atoms with Gasteiger partial charge in [0.05, 0.1) is 17.8 Å². The van der Waals surface area contributed by atoms with E-state index in [9.17, 15) is 9.59 Å². The molecule has 3 rings (SSSR count). The number of ketones is 1. The maximum Gasteiger partial charge on any atom is 0.299 e. The Bertz CT molecular complexity index is 647. The van der Waals surface area contributed by atoms with Crippen molar-refractivity contribution in [2.75, 3.05) is 11.4 Å². The number of carbonyl (C=O) groups is 2. The fourth-order valence-corrected chi connectivity index (χ4v) is 2.27. The number of aromatic nitrogens is 2. The van der Waals surface area contributed by atoms with Gasteiger partial charge in [-0.1, -0.05) is 11.6 Å². The molecule has 1 amide bonds. The largest absolute Gasteiger partial charge is 0.303 e. The molecule has 0 aliphatic carbocycles. The van der Waals surface area contributed by atoms with Gasteiger partial charge in [-0.3, -0.25) is 14.3 Å². The first kappa shape index (κ1) is 11.6. The molecule has 96 valence electrons. The molecule has 0 saturated heterocycles. The number of carbonyl (C=O) groups excluding carboxylic acids is 2. The number of nitrogens with zero attached hydrogens (tertiary/aromatic N) is 3. The van der Waals surface area contributed by atoms with Crippen LogP contribution in [0.15, 0.2) is 36.7 Å². The lowest BCUT2D eigenvalue weighted by Gasteiger charge is -2.16. The number of benzene rings is 1. The zero-order chi connectivity index (χ0) is 13.4. The van der Waals surface area contributed by atoms with Gasteiger partial charge in [0.1, 0.15) is 0 Å². The third kappa shape index (κ3) is 1.93. The molecule has 0 fully saturated rings. The Morgan fingerprint density at radius 2 is 2.05 bits per heavy atom. The maximum atomic E-state index is 12.0. The molecule has 1 aliphatic heterocycles. The maximum absolute atomic E-state index is 12.0. The second-order valence-corrected chi connectivity index (χ2v) is 4.58. The van der Waals surface area contributed by atoms with E-state index < -0.39 is 11.7 Å². The van der Waals surface area contributed by atoms with Crippen LogP contribution in [0.4, 0.5) is 5.69 Å². The fraction of sp³-hybridized carbons (Fsp3) is 0.214. The Kier molecular flexibility index (Phi) is 2.67. The van der Waals surface area contributed by atoms with Gasteiger partial charge in [-0.2, -0.15) is 5.10 Å². The van der Waals surface area contributed by atoms with Crippen molar-refractivity contribution in [1.82, 2.24) is 9.78 Å². The molecule has 0 saturated carbocycles. The van der Waals surface area contributed by atoms with Crippen molar-refractivity contribution in [3.05, 3.63) is 47.8 Å². The van der Waals surface area contributed by atoms with Gasteiger partial charge in [-0.05, 0) is 25.1 Å². The topological polar surface area (TPSA) is 55.2 Å². The second-order valence-electron chi connectivity index (χ2n) is 4.58. The summed E-state index contributed by atoms with van der Waals surface area (Å²) in [5, 5.41) is 4.09. The predicted molar refractivity (Wildman–Crippen MR) is 70.1 cm³/mol. The van der Waals surface area contributed by atoms with Gasteiger partial charge >= 0.3 is 0 Å². The van der Waals surface area contributed by atoms with Crippen molar-refractivity contribution in [2.45, 2.75) is 13.5 Å². The van der Waals surface area contributed by atoms with Crippen LogP contribution in [0.1, 0.15) is 15.9 Å². The van der Waals surface area contributed by atoms with Crippen molar-refractivity contribution in [1.29, 1.82) is 0 Å². The van der Waals surface area contributed by atoms with E-state index in [-0.39, 0.29) is 0 Å². The van der Waals surface area contributed by atoms with Gasteiger partial charge in [-0.15, -0.1) is 0 Å². The lowest BCUT2D eigenvalue weighted by atomic mass is 10.1. The van der Waals surface area contributed by atoms with Crippen LogP contribution in [0.2, 0.25) is 0 Å². The van der Waals surface area contributed by atoms with Crippen LogP contribution in [-0.4, -0.2) is 28.0 Å². The summed E-state index contributed by atoms with van der Waals surface area (Å²) in [6, 6.07) is 7.33. The normalized spacial score (nSPS) is 14.1. The molecule has 0 bridgehead atoms. The summed E-state index contributed by atoms with van der Waals surface area (Å²) < 4.78 is 1.74.